The lowest BCUT2D eigenvalue weighted by atomic mass is 9.96. The SMILES string of the molecule is COc1ccc2cc(C(C)C)n(C(C)(C)C3CC3)c2c1. The number of aromatic nitrogens is 1. The summed E-state index contributed by atoms with van der Waals surface area (Å²) in [5, 5.41) is 1.32. The summed E-state index contributed by atoms with van der Waals surface area (Å²) in [4.78, 5) is 0. The maximum atomic E-state index is 5.42. The molecule has 0 atom stereocenters. The molecule has 3 rings (SSSR count). The van der Waals surface area contributed by atoms with Crippen LogP contribution in [0.25, 0.3) is 10.9 Å². The molecule has 0 aliphatic heterocycles. The van der Waals surface area contributed by atoms with Crippen LogP contribution in [0.1, 0.15) is 52.1 Å². The zero-order valence-electron chi connectivity index (χ0n) is 13.2. The third-order valence-corrected chi connectivity index (χ3v) is 4.78. The van der Waals surface area contributed by atoms with Crippen LogP contribution in [0.15, 0.2) is 24.3 Å². The maximum absolute atomic E-state index is 5.42. The number of hydrogen-bond donors (Lipinski definition) is 0. The maximum Gasteiger partial charge on any atom is 0.120 e. The molecule has 1 aliphatic carbocycles. The van der Waals surface area contributed by atoms with E-state index in [1.165, 1.54) is 29.4 Å². The molecule has 1 heterocycles. The molecule has 0 saturated heterocycles. The molecule has 0 unspecified atom stereocenters. The van der Waals surface area contributed by atoms with E-state index in [1.54, 1.807) is 7.11 Å². The molecule has 2 aromatic rings. The van der Waals surface area contributed by atoms with E-state index < -0.39 is 0 Å². The smallest absolute Gasteiger partial charge is 0.120 e. The normalized spacial score (nSPS) is 16.1. The molecule has 1 aliphatic rings. The highest BCUT2D eigenvalue weighted by molar-refractivity contribution is 5.83. The highest BCUT2D eigenvalue weighted by Crippen LogP contribution is 2.47. The summed E-state index contributed by atoms with van der Waals surface area (Å²) < 4.78 is 7.99. The second kappa shape index (κ2) is 4.54. The van der Waals surface area contributed by atoms with Crippen molar-refractivity contribution in [1.82, 2.24) is 4.57 Å². The monoisotopic (exact) mass is 271 g/mol. The van der Waals surface area contributed by atoms with Crippen LogP contribution >= 0.6 is 0 Å². The number of fused-ring (bicyclic) bond motifs is 1. The molecule has 20 heavy (non-hydrogen) atoms. The molecule has 0 amide bonds. The third kappa shape index (κ3) is 2.02. The summed E-state index contributed by atoms with van der Waals surface area (Å²) >= 11 is 0. The summed E-state index contributed by atoms with van der Waals surface area (Å²) in [5.74, 6) is 2.28. The number of ether oxygens (including phenoxy) is 1. The molecular weight excluding hydrogens is 246 g/mol. The Morgan fingerprint density at radius 3 is 2.45 bits per heavy atom. The van der Waals surface area contributed by atoms with Crippen molar-refractivity contribution in [2.75, 3.05) is 7.11 Å². The van der Waals surface area contributed by atoms with E-state index in [0.29, 0.717) is 5.92 Å². The number of methoxy groups -OCH3 is 1. The van der Waals surface area contributed by atoms with Gasteiger partial charge in [0.15, 0.2) is 0 Å². The minimum atomic E-state index is 0.188. The summed E-state index contributed by atoms with van der Waals surface area (Å²) in [6.45, 7) is 9.33. The van der Waals surface area contributed by atoms with Gasteiger partial charge in [0.1, 0.15) is 5.75 Å². The van der Waals surface area contributed by atoms with Crippen LogP contribution < -0.4 is 4.74 Å². The fraction of sp³-hybridized carbons (Fsp3) is 0.556. The molecule has 0 bridgehead atoms. The first kappa shape index (κ1) is 13.5. The number of rotatable bonds is 4. The van der Waals surface area contributed by atoms with Crippen molar-refractivity contribution in [3.63, 3.8) is 0 Å². The summed E-state index contributed by atoms with van der Waals surface area (Å²) in [7, 11) is 1.74. The molecule has 0 radical (unpaired) electrons. The summed E-state index contributed by atoms with van der Waals surface area (Å²) in [5.41, 5.74) is 2.93. The fourth-order valence-corrected chi connectivity index (χ4v) is 3.37. The van der Waals surface area contributed by atoms with Gasteiger partial charge in [-0.2, -0.15) is 0 Å². The van der Waals surface area contributed by atoms with Gasteiger partial charge in [0.2, 0.25) is 0 Å². The van der Waals surface area contributed by atoms with Crippen LogP contribution in [0.2, 0.25) is 0 Å². The molecule has 1 saturated carbocycles. The van der Waals surface area contributed by atoms with Crippen molar-refractivity contribution < 1.29 is 4.74 Å². The Bertz CT molecular complexity index is 632. The minimum Gasteiger partial charge on any atom is -0.497 e. The largest absolute Gasteiger partial charge is 0.497 e. The zero-order chi connectivity index (χ0) is 14.5. The van der Waals surface area contributed by atoms with Gasteiger partial charge in [-0.15, -0.1) is 0 Å². The molecule has 1 aromatic carbocycles. The molecule has 0 spiro atoms. The fourth-order valence-electron chi connectivity index (χ4n) is 3.37. The van der Waals surface area contributed by atoms with Gasteiger partial charge in [-0.1, -0.05) is 13.8 Å². The van der Waals surface area contributed by atoms with Gasteiger partial charge >= 0.3 is 0 Å². The highest BCUT2D eigenvalue weighted by Gasteiger charge is 2.40. The van der Waals surface area contributed by atoms with Crippen molar-refractivity contribution in [3.8, 4) is 5.75 Å². The molecule has 1 aromatic heterocycles. The minimum absolute atomic E-state index is 0.188. The topological polar surface area (TPSA) is 14.2 Å². The molecule has 0 N–H and O–H groups in total. The third-order valence-electron chi connectivity index (χ3n) is 4.78. The Morgan fingerprint density at radius 1 is 1.20 bits per heavy atom. The Hall–Kier alpha value is -1.44. The number of hydrogen-bond acceptors (Lipinski definition) is 1. The standard InChI is InChI=1S/C18H25NO/c1-12(2)16-10-13-6-9-15(20-5)11-17(13)19(16)18(3,4)14-7-8-14/h6,9-12,14H,7-8H2,1-5H3. The van der Waals surface area contributed by atoms with E-state index in [1.807, 2.05) is 0 Å². The van der Waals surface area contributed by atoms with E-state index in [2.05, 4.69) is 56.5 Å². The average molecular weight is 271 g/mol. The van der Waals surface area contributed by atoms with E-state index in [4.69, 9.17) is 4.74 Å². The van der Waals surface area contributed by atoms with Crippen LogP contribution in [0.5, 0.6) is 5.75 Å². The van der Waals surface area contributed by atoms with E-state index in [9.17, 15) is 0 Å². The lowest BCUT2D eigenvalue weighted by molar-refractivity contribution is 0.303. The summed E-state index contributed by atoms with van der Waals surface area (Å²) in [6, 6.07) is 8.77. The van der Waals surface area contributed by atoms with Gasteiger partial charge in [-0.05, 0) is 56.7 Å². The Balaban J connectivity index is 2.27. The molecule has 2 heteroatoms. The molecule has 1 fully saturated rings. The van der Waals surface area contributed by atoms with Crippen molar-refractivity contribution in [2.24, 2.45) is 5.92 Å². The predicted octanol–water partition coefficient (Wildman–Crippen LogP) is 4.92. The second-order valence-corrected chi connectivity index (χ2v) is 6.91. The van der Waals surface area contributed by atoms with Gasteiger partial charge in [0.05, 0.1) is 12.6 Å². The Labute approximate surface area is 121 Å². The van der Waals surface area contributed by atoms with Crippen molar-refractivity contribution in [2.45, 2.75) is 52.0 Å². The zero-order valence-corrected chi connectivity index (χ0v) is 13.2. The van der Waals surface area contributed by atoms with Gasteiger partial charge < -0.3 is 9.30 Å². The average Bonchev–Trinajstić information content (AvgIpc) is 3.18. The van der Waals surface area contributed by atoms with Crippen LogP contribution in [-0.2, 0) is 5.54 Å². The van der Waals surface area contributed by atoms with E-state index in [-0.39, 0.29) is 5.54 Å². The first-order valence-electron chi connectivity index (χ1n) is 7.65. The van der Waals surface area contributed by atoms with Crippen LogP contribution in [0.3, 0.4) is 0 Å². The molecule has 108 valence electrons. The first-order valence-corrected chi connectivity index (χ1v) is 7.65. The van der Waals surface area contributed by atoms with Gasteiger partial charge in [-0.25, -0.2) is 0 Å². The highest BCUT2D eigenvalue weighted by atomic mass is 16.5. The molecular formula is C18H25NO. The van der Waals surface area contributed by atoms with Crippen LogP contribution in [0, 0.1) is 5.92 Å². The van der Waals surface area contributed by atoms with Gasteiger partial charge in [0, 0.05) is 22.7 Å². The summed E-state index contributed by atoms with van der Waals surface area (Å²) in [6.07, 6.45) is 2.71. The van der Waals surface area contributed by atoms with Gasteiger partial charge in [0.25, 0.3) is 0 Å². The predicted molar refractivity (Wildman–Crippen MR) is 84.6 cm³/mol. The number of benzene rings is 1. The van der Waals surface area contributed by atoms with Gasteiger partial charge in [-0.3, -0.25) is 0 Å². The van der Waals surface area contributed by atoms with Crippen molar-refractivity contribution in [1.29, 1.82) is 0 Å². The van der Waals surface area contributed by atoms with E-state index >= 15 is 0 Å². The van der Waals surface area contributed by atoms with Crippen LogP contribution in [-0.4, -0.2) is 11.7 Å². The Kier molecular flexibility index (Phi) is 3.07. The number of nitrogens with zero attached hydrogens (tertiary/aromatic N) is 1. The van der Waals surface area contributed by atoms with Crippen molar-refractivity contribution >= 4 is 10.9 Å². The lowest BCUT2D eigenvalue weighted by Crippen LogP contribution is -2.30. The Morgan fingerprint density at radius 2 is 1.90 bits per heavy atom. The van der Waals surface area contributed by atoms with E-state index in [0.717, 1.165) is 11.7 Å². The lowest BCUT2D eigenvalue weighted by Gasteiger charge is -2.32. The van der Waals surface area contributed by atoms with Crippen LogP contribution in [0.4, 0.5) is 0 Å². The second-order valence-electron chi connectivity index (χ2n) is 6.91. The van der Waals surface area contributed by atoms with Crippen molar-refractivity contribution in [3.05, 3.63) is 30.0 Å². The quantitative estimate of drug-likeness (QED) is 0.770. The molecule has 2 nitrogen and oxygen atoms in total. The first-order chi connectivity index (χ1) is 9.45.